The summed E-state index contributed by atoms with van der Waals surface area (Å²) in [6, 6.07) is 0. The van der Waals surface area contributed by atoms with Crippen LogP contribution in [0.5, 0.6) is 0 Å². The van der Waals surface area contributed by atoms with Gasteiger partial charge in [-0.05, 0) is 0 Å². The Morgan fingerprint density at radius 2 is 0.383 bits per heavy atom. The minimum absolute atomic E-state index is 0.175. The third-order valence-corrected chi connectivity index (χ3v) is 16.3. The average Bonchev–Trinajstić information content (AvgIpc) is 2.86. The van der Waals surface area contributed by atoms with Crippen LogP contribution in [0.3, 0.4) is 0 Å². The van der Waals surface area contributed by atoms with E-state index in [0.29, 0.717) is 0 Å². The van der Waals surface area contributed by atoms with Crippen molar-refractivity contribution in [2.24, 2.45) is 0 Å². The summed E-state index contributed by atoms with van der Waals surface area (Å²) < 4.78 is 34.2. The van der Waals surface area contributed by atoms with Gasteiger partial charge in [0.1, 0.15) is 0 Å². The van der Waals surface area contributed by atoms with Crippen molar-refractivity contribution in [3.8, 4) is 0 Å². The Bertz CT molecular complexity index is 585. The van der Waals surface area contributed by atoms with E-state index in [1.165, 1.54) is 77.0 Å². The molecule has 0 aromatic rings. The molecule has 0 saturated heterocycles. The second-order valence-electron chi connectivity index (χ2n) is 8.75. The molecule has 0 aliphatic heterocycles. The first-order valence-electron chi connectivity index (χ1n) is 14.9. The van der Waals surface area contributed by atoms with Gasteiger partial charge in [-0.3, -0.25) is 0 Å². The number of hydrogen-bond donors (Lipinski definition) is 0. The number of unbranched alkanes of at least 4 members (excludes halogenated alkanes) is 6. The van der Waals surface area contributed by atoms with Crippen molar-refractivity contribution >= 4 is 31.3 Å². The second kappa shape index (κ2) is 48.5. The summed E-state index contributed by atoms with van der Waals surface area (Å²) in [5.74, 6) is 0. The molecule has 0 fully saturated rings. The molecule has 0 aliphatic carbocycles. The van der Waals surface area contributed by atoms with Crippen LogP contribution in [-0.4, -0.2) is 0 Å². The van der Waals surface area contributed by atoms with Crippen molar-refractivity contribution in [3.63, 3.8) is 0 Å². The summed E-state index contributed by atoms with van der Waals surface area (Å²) in [4.78, 5) is 112. The molecule has 0 aliphatic rings. The molecule has 23 heteroatoms. The summed E-state index contributed by atoms with van der Waals surface area (Å²) in [7, 11) is -21.6. The van der Waals surface area contributed by atoms with Crippen molar-refractivity contribution in [1.82, 2.24) is 0 Å². The number of hydrogen-bond acceptors (Lipinski definition) is 16. The van der Waals surface area contributed by atoms with Gasteiger partial charge in [0.25, 0.3) is 0 Å². The zero-order valence-electron chi connectivity index (χ0n) is 28.3. The zero-order chi connectivity index (χ0) is 38.8. The van der Waals surface area contributed by atoms with Gasteiger partial charge in [0, 0.05) is 0 Å². The number of phosphoric acid groups is 4. The molecule has 16 nitrogen and oxygen atoms in total. The monoisotopic (exact) mass is 1270 g/mol. The van der Waals surface area contributed by atoms with Gasteiger partial charge in [-0.15, -0.1) is 0 Å². The maximum atomic E-state index is 8.55. The van der Waals surface area contributed by atoms with Crippen LogP contribution in [0, 0.1) is 0 Å². The minimum Gasteiger partial charge on any atom is -0.822 e. The average molecular weight is 1270 g/mol. The SMILES string of the molecule is CCC[CH2][W+4][CH2]CCC.CCC[CH2][W+4][CH2]CCC.CCC[CH2][W+4][CH2]CCC.O=P([O-])([O-])[O-].O=P([O-])([O-])[O-].O=P([O-])([O-])[O-].O=P([O-])([O-])[O-]. The molecule has 0 N–H and O–H groups in total. The Morgan fingerprint density at radius 1 is 0.298 bits per heavy atom. The van der Waals surface area contributed by atoms with Gasteiger partial charge in [-0.2, -0.15) is 31.3 Å². The summed E-state index contributed by atoms with van der Waals surface area (Å²) in [6.45, 7) is 13.7. The number of rotatable bonds is 18. The van der Waals surface area contributed by atoms with Gasteiger partial charge in [0.05, 0.1) is 0 Å². The Balaban J connectivity index is -0.0000000810. The smallest absolute Gasteiger partial charge is 0.159 e. The molecule has 0 unspecified atom stereocenters. The normalized spacial score (nSPS) is 10.3. The molecular weight excluding hydrogens is 1220 g/mol. The van der Waals surface area contributed by atoms with Crippen molar-refractivity contribution in [2.45, 2.75) is 147 Å². The van der Waals surface area contributed by atoms with E-state index in [1.807, 2.05) is 0 Å². The van der Waals surface area contributed by atoms with E-state index >= 15 is 0 Å². The summed E-state index contributed by atoms with van der Waals surface area (Å²) in [5.41, 5.74) is 0. The maximum Gasteiger partial charge on any atom is -0.159 e. The van der Waals surface area contributed by atoms with E-state index < -0.39 is 31.3 Å². The topological polar surface area (TPSA) is 345 Å². The molecule has 47 heavy (non-hydrogen) atoms. The van der Waals surface area contributed by atoms with Crippen LogP contribution < -0.4 is 58.7 Å². The maximum absolute atomic E-state index is 8.55. The largest absolute Gasteiger partial charge is 0.822 e. The van der Waals surface area contributed by atoms with Gasteiger partial charge >= 0.3 is 203 Å². The molecule has 0 aromatic carbocycles. The van der Waals surface area contributed by atoms with Crippen LogP contribution in [-0.2, 0) is 73.9 Å². The van der Waals surface area contributed by atoms with Crippen molar-refractivity contribution in [2.75, 3.05) is 0 Å². The molecule has 0 saturated carbocycles. The Morgan fingerprint density at radius 3 is 0.447 bits per heavy atom. The Labute approximate surface area is 309 Å². The third-order valence-electron chi connectivity index (χ3n) is 3.85. The van der Waals surface area contributed by atoms with E-state index in [-0.39, 0.29) is 55.7 Å². The van der Waals surface area contributed by atoms with E-state index in [0.717, 1.165) is 0 Å². The van der Waals surface area contributed by atoms with Crippen molar-refractivity contribution in [1.29, 1.82) is 0 Å². The predicted molar refractivity (Wildman–Crippen MR) is 149 cm³/mol. The fourth-order valence-corrected chi connectivity index (χ4v) is 14.6. The molecule has 0 atom stereocenters. The molecule has 0 rings (SSSR count). The molecule has 0 aromatic heterocycles. The van der Waals surface area contributed by atoms with Crippen LogP contribution in [0.4, 0.5) is 0 Å². The standard InChI is InChI=1S/6C4H9.4H3O4P.3W/c6*1-3-4-2;4*1-5(2,3)4;;;/h6*1,3-4H2,2H3;4*(H3,1,2,3,4);;;/q;;;;;;;;;;3*+4/p-12. The molecule has 284 valence electrons. The van der Waals surface area contributed by atoms with E-state index in [2.05, 4.69) is 41.5 Å². The zero-order valence-corrected chi connectivity index (χ0v) is 40.7. The Kier molecular flexibility index (Phi) is 66.5. The first kappa shape index (κ1) is 64.5. The fraction of sp³-hybridized carbons (Fsp3) is 1.00. The van der Waals surface area contributed by atoms with Crippen molar-refractivity contribution < 1.29 is 133 Å². The third kappa shape index (κ3) is 249. The van der Waals surface area contributed by atoms with Gasteiger partial charge in [0.2, 0.25) is 0 Å². The van der Waals surface area contributed by atoms with E-state index in [1.54, 1.807) is 28.9 Å². The van der Waals surface area contributed by atoms with Crippen LogP contribution in [0.2, 0.25) is 28.9 Å². The van der Waals surface area contributed by atoms with Gasteiger partial charge in [0.15, 0.2) is 0 Å². The second-order valence-corrected chi connectivity index (χ2v) is 25.5. The first-order chi connectivity index (χ1) is 21.2. The van der Waals surface area contributed by atoms with Gasteiger partial charge in [-0.25, -0.2) is 0 Å². The van der Waals surface area contributed by atoms with Crippen LogP contribution in [0.25, 0.3) is 0 Å². The Hall–Kier alpha value is 2.50. The summed E-state index contributed by atoms with van der Waals surface area (Å²) in [6.07, 6.45) is 17.5. The molecule has 0 bridgehead atoms. The van der Waals surface area contributed by atoms with Gasteiger partial charge < -0.3 is 77.0 Å². The summed E-state index contributed by atoms with van der Waals surface area (Å²) >= 11 is 0.526. The van der Waals surface area contributed by atoms with Crippen LogP contribution in [0.1, 0.15) is 119 Å². The van der Waals surface area contributed by atoms with E-state index in [9.17, 15) is 0 Å². The quantitative estimate of drug-likeness (QED) is 0.120. The fourth-order valence-electron chi connectivity index (χ4n) is 1.78. The molecular formula is C24H54O16P4W3. The molecule has 0 radical (unpaired) electrons. The molecule has 0 spiro atoms. The molecule has 0 heterocycles. The van der Waals surface area contributed by atoms with Crippen molar-refractivity contribution in [3.05, 3.63) is 0 Å². The van der Waals surface area contributed by atoms with Crippen LogP contribution >= 0.6 is 31.3 Å². The van der Waals surface area contributed by atoms with Crippen LogP contribution in [0.15, 0.2) is 0 Å². The van der Waals surface area contributed by atoms with Gasteiger partial charge in [-0.1, -0.05) is 0 Å². The first-order valence-corrected chi connectivity index (χ1v) is 33.2. The minimum atomic E-state index is -5.39. The predicted octanol–water partition coefficient (Wildman–Crippen LogP) is -0.781. The summed E-state index contributed by atoms with van der Waals surface area (Å²) in [5, 5.41) is 0. The molecule has 0 amide bonds. The van der Waals surface area contributed by atoms with E-state index in [4.69, 9.17) is 77.0 Å².